The molecule has 0 aliphatic heterocycles. The van der Waals surface area contributed by atoms with E-state index in [0.717, 1.165) is 0 Å². The third kappa shape index (κ3) is 6.22. The van der Waals surface area contributed by atoms with Crippen molar-refractivity contribution in [2.24, 2.45) is 7.05 Å². The average molecular weight is 486 g/mol. The molecule has 2 aliphatic rings. The molecule has 4 N–H and O–H groups in total. The summed E-state index contributed by atoms with van der Waals surface area (Å²) >= 11 is 0. The summed E-state index contributed by atoms with van der Waals surface area (Å²) in [5.41, 5.74) is -2.89. The number of ether oxygens (including phenoxy) is 1. The molecule has 2 aliphatic carbocycles. The second-order valence-electron chi connectivity index (χ2n) is 9.39. The summed E-state index contributed by atoms with van der Waals surface area (Å²) < 4.78 is 34.3. The number of amides is 3. The van der Waals surface area contributed by atoms with Gasteiger partial charge in [0.1, 0.15) is 24.5 Å². The van der Waals surface area contributed by atoms with E-state index in [1.807, 2.05) is 0 Å². The SMILES string of the molecule is CC(CF)OC(=O)N[C@@H](CC1(F)CCCC1)C(=O)NC1(C(O)C(=O)Nc2ccn(C)n2)CCC1. The van der Waals surface area contributed by atoms with Crippen LogP contribution in [0.2, 0.25) is 0 Å². The van der Waals surface area contributed by atoms with Crippen LogP contribution in [-0.4, -0.2) is 68.9 Å². The third-order valence-electron chi connectivity index (χ3n) is 6.56. The van der Waals surface area contributed by atoms with Crippen LogP contribution in [0, 0.1) is 0 Å². The molecule has 34 heavy (non-hydrogen) atoms. The lowest BCUT2D eigenvalue weighted by molar-refractivity contribution is -0.137. The number of aromatic nitrogens is 2. The number of rotatable bonds is 10. The quantitative estimate of drug-likeness (QED) is 0.400. The minimum atomic E-state index is -1.64. The molecule has 0 bridgehead atoms. The maximum Gasteiger partial charge on any atom is 0.408 e. The van der Waals surface area contributed by atoms with Gasteiger partial charge in [-0.25, -0.2) is 13.6 Å². The summed E-state index contributed by atoms with van der Waals surface area (Å²) in [4.78, 5) is 38.0. The van der Waals surface area contributed by atoms with Gasteiger partial charge in [0.2, 0.25) is 5.91 Å². The van der Waals surface area contributed by atoms with Crippen LogP contribution in [0.4, 0.5) is 19.4 Å². The van der Waals surface area contributed by atoms with Gasteiger partial charge in [-0.15, -0.1) is 0 Å². The van der Waals surface area contributed by atoms with Gasteiger partial charge in [0.25, 0.3) is 5.91 Å². The van der Waals surface area contributed by atoms with Crippen LogP contribution in [0.25, 0.3) is 0 Å². The van der Waals surface area contributed by atoms with E-state index in [-0.39, 0.29) is 25.1 Å². The molecule has 190 valence electrons. The Kier molecular flexibility index (Phi) is 8.11. The van der Waals surface area contributed by atoms with E-state index in [4.69, 9.17) is 4.74 Å². The van der Waals surface area contributed by atoms with Crippen LogP contribution in [0.3, 0.4) is 0 Å². The van der Waals surface area contributed by atoms with Gasteiger partial charge >= 0.3 is 6.09 Å². The van der Waals surface area contributed by atoms with Crippen LogP contribution in [0.15, 0.2) is 12.3 Å². The lowest BCUT2D eigenvalue weighted by Crippen LogP contribution is -2.67. The van der Waals surface area contributed by atoms with Gasteiger partial charge in [-0.2, -0.15) is 5.10 Å². The summed E-state index contributed by atoms with van der Waals surface area (Å²) in [6.45, 7) is 0.445. The molecule has 2 saturated carbocycles. The van der Waals surface area contributed by atoms with Crippen LogP contribution in [0.1, 0.15) is 58.3 Å². The van der Waals surface area contributed by atoms with Gasteiger partial charge < -0.3 is 25.8 Å². The van der Waals surface area contributed by atoms with E-state index in [2.05, 4.69) is 21.0 Å². The Morgan fingerprint density at radius 1 is 1.21 bits per heavy atom. The molecule has 10 nitrogen and oxygen atoms in total. The van der Waals surface area contributed by atoms with Crippen LogP contribution in [0.5, 0.6) is 0 Å². The molecule has 0 spiro atoms. The van der Waals surface area contributed by atoms with E-state index >= 15 is 4.39 Å². The highest BCUT2D eigenvalue weighted by Crippen LogP contribution is 2.38. The molecule has 3 atom stereocenters. The minimum Gasteiger partial charge on any atom is -0.444 e. The van der Waals surface area contributed by atoms with Crippen molar-refractivity contribution < 1.29 is 33.0 Å². The van der Waals surface area contributed by atoms with Crippen molar-refractivity contribution >= 4 is 23.7 Å². The first-order chi connectivity index (χ1) is 16.1. The number of hydrogen-bond donors (Lipinski definition) is 4. The third-order valence-corrected chi connectivity index (χ3v) is 6.56. The second-order valence-corrected chi connectivity index (χ2v) is 9.39. The Hall–Kier alpha value is -2.76. The second kappa shape index (κ2) is 10.7. The first kappa shape index (κ1) is 25.9. The molecule has 0 saturated heterocycles. The van der Waals surface area contributed by atoms with Gasteiger partial charge in [0, 0.05) is 25.7 Å². The lowest BCUT2D eigenvalue weighted by atomic mass is 9.72. The Morgan fingerprint density at radius 3 is 2.41 bits per heavy atom. The molecule has 0 radical (unpaired) electrons. The lowest BCUT2D eigenvalue weighted by Gasteiger charge is -2.45. The summed E-state index contributed by atoms with van der Waals surface area (Å²) in [6.07, 6.45) is 0.860. The van der Waals surface area contributed by atoms with Crippen molar-refractivity contribution in [2.45, 2.75) is 87.7 Å². The molecule has 3 amide bonds. The standard InChI is InChI=1S/C22H33F2N5O5/c1-14(13-23)34-20(33)25-15(12-21(24)7-3-4-8-21)18(31)27-22(9-5-10-22)17(30)19(32)26-16-6-11-29(2)28-16/h6,11,14-15,17,30H,3-5,7-10,12-13H2,1-2H3,(H,25,33)(H,27,31)(H,26,28,32)/t14?,15-,17?/m0/s1. The number of nitrogens with one attached hydrogen (secondary N) is 3. The number of anilines is 1. The molecule has 12 heteroatoms. The maximum absolute atomic E-state index is 15.2. The number of carbonyl (C=O) groups excluding carboxylic acids is 3. The number of alkyl carbamates (subject to hydrolysis) is 1. The number of aliphatic hydroxyl groups is 1. The highest BCUT2D eigenvalue weighted by Gasteiger charge is 2.50. The summed E-state index contributed by atoms with van der Waals surface area (Å²) in [6, 6.07) is 0.245. The van der Waals surface area contributed by atoms with Crippen molar-refractivity contribution in [2.75, 3.05) is 12.0 Å². The van der Waals surface area contributed by atoms with E-state index in [1.54, 1.807) is 19.3 Å². The van der Waals surface area contributed by atoms with Crippen LogP contribution < -0.4 is 16.0 Å². The molecule has 2 unspecified atom stereocenters. The first-order valence-corrected chi connectivity index (χ1v) is 11.6. The van der Waals surface area contributed by atoms with E-state index in [0.29, 0.717) is 32.1 Å². The number of hydrogen-bond acceptors (Lipinski definition) is 6. The summed E-state index contributed by atoms with van der Waals surface area (Å²) in [5, 5.41) is 22.3. The average Bonchev–Trinajstić information content (AvgIpc) is 3.37. The molecule has 1 aromatic rings. The topological polar surface area (TPSA) is 135 Å². The Morgan fingerprint density at radius 2 is 1.88 bits per heavy atom. The van der Waals surface area contributed by atoms with Crippen LogP contribution in [-0.2, 0) is 21.4 Å². The predicted octanol–water partition coefficient (Wildman–Crippen LogP) is 1.88. The zero-order chi connectivity index (χ0) is 24.9. The van der Waals surface area contributed by atoms with Crippen LogP contribution >= 0.6 is 0 Å². The fraction of sp³-hybridized carbons (Fsp3) is 0.727. The normalized spacial score (nSPS) is 21.0. The zero-order valence-corrected chi connectivity index (χ0v) is 19.5. The van der Waals surface area contributed by atoms with Gasteiger partial charge in [0.05, 0.1) is 5.54 Å². The molecular formula is C22H33F2N5O5. The summed E-state index contributed by atoms with van der Waals surface area (Å²) in [5.74, 6) is -1.23. The molecule has 3 rings (SSSR count). The fourth-order valence-corrected chi connectivity index (χ4v) is 4.46. The van der Waals surface area contributed by atoms with Gasteiger partial charge in [0.15, 0.2) is 11.9 Å². The highest BCUT2D eigenvalue weighted by molar-refractivity contribution is 5.95. The van der Waals surface area contributed by atoms with Gasteiger partial charge in [-0.3, -0.25) is 14.3 Å². The molecular weight excluding hydrogens is 452 g/mol. The number of alkyl halides is 2. The smallest absolute Gasteiger partial charge is 0.408 e. The van der Waals surface area contributed by atoms with Gasteiger partial charge in [-0.05, 0) is 39.0 Å². The van der Waals surface area contributed by atoms with Gasteiger partial charge in [-0.1, -0.05) is 12.8 Å². The van der Waals surface area contributed by atoms with Crippen molar-refractivity contribution in [3.8, 4) is 0 Å². The highest BCUT2D eigenvalue weighted by atomic mass is 19.1. The molecule has 1 aromatic heterocycles. The van der Waals surface area contributed by atoms with Crippen molar-refractivity contribution in [3.05, 3.63) is 12.3 Å². The zero-order valence-electron chi connectivity index (χ0n) is 19.5. The first-order valence-electron chi connectivity index (χ1n) is 11.6. The van der Waals surface area contributed by atoms with Crippen molar-refractivity contribution in [1.29, 1.82) is 0 Å². The maximum atomic E-state index is 15.2. The molecule has 0 aromatic carbocycles. The fourth-order valence-electron chi connectivity index (χ4n) is 4.46. The summed E-state index contributed by atoms with van der Waals surface area (Å²) in [7, 11) is 1.67. The van der Waals surface area contributed by atoms with Crippen molar-refractivity contribution in [1.82, 2.24) is 20.4 Å². The number of aliphatic hydroxyl groups excluding tert-OH is 1. The minimum absolute atomic E-state index is 0.247. The van der Waals surface area contributed by atoms with E-state index in [9.17, 15) is 23.9 Å². The predicted molar refractivity (Wildman–Crippen MR) is 118 cm³/mol. The largest absolute Gasteiger partial charge is 0.444 e. The molecule has 2 fully saturated rings. The number of nitrogens with zero attached hydrogens (tertiary/aromatic N) is 2. The molecule has 1 heterocycles. The Bertz CT molecular complexity index is 885. The van der Waals surface area contributed by atoms with E-state index < -0.39 is 54.0 Å². The number of aryl methyl sites for hydroxylation is 1. The monoisotopic (exact) mass is 485 g/mol. The van der Waals surface area contributed by atoms with Crippen molar-refractivity contribution in [3.63, 3.8) is 0 Å². The number of halogens is 2. The Balaban J connectivity index is 1.70. The number of carbonyl (C=O) groups is 3. The van der Waals surface area contributed by atoms with E-state index in [1.165, 1.54) is 11.6 Å². The Labute approximate surface area is 196 Å².